The predicted molar refractivity (Wildman–Crippen MR) is 111 cm³/mol. The third-order valence-electron chi connectivity index (χ3n) is 6.73. The molecule has 0 aromatic heterocycles. The number of anilines is 1. The molecule has 0 radical (unpaired) electrons. The molecule has 3 aliphatic rings. The Balaban J connectivity index is 1.71. The van der Waals surface area contributed by atoms with Crippen LogP contribution < -0.4 is 16.4 Å². The van der Waals surface area contributed by atoms with Crippen LogP contribution in [0.4, 0.5) is 5.69 Å². The van der Waals surface area contributed by atoms with Gasteiger partial charge in [0.1, 0.15) is 11.6 Å². The van der Waals surface area contributed by atoms with Crippen molar-refractivity contribution in [2.45, 2.75) is 70.3 Å². The highest BCUT2D eigenvalue weighted by Crippen LogP contribution is 2.46. The molecule has 6 nitrogen and oxygen atoms in total. The molecule has 1 amide bonds. The van der Waals surface area contributed by atoms with Crippen LogP contribution in [0, 0.1) is 5.92 Å². The third-order valence-corrected chi connectivity index (χ3v) is 6.73. The molecule has 1 aliphatic heterocycles. The van der Waals surface area contributed by atoms with Gasteiger partial charge >= 0.3 is 0 Å². The summed E-state index contributed by atoms with van der Waals surface area (Å²) in [6.45, 7) is 2.10. The SMILES string of the molecule is C/C(=C(/N=CN)Nc1cc(O)c2c(c1)C1(CCCCC1)NC2=O)C1CCCC1. The van der Waals surface area contributed by atoms with E-state index in [2.05, 4.69) is 22.5 Å². The van der Waals surface area contributed by atoms with Gasteiger partial charge in [0.25, 0.3) is 5.91 Å². The average molecular weight is 383 g/mol. The summed E-state index contributed by atoms with van der Waals surface area (Å²) >= 11 is 0. The molecule has 28 heavy (non-hydrogen) atoms. The van der Waals surface area contributed by atoms with E-state index in [1.54, 1.807) is 6.07 Å². The van der Waals surface area contributed by atoms with Crippen molar-refractivity contribution in [1.29, 1.82) is 0 Å². The van der Waals surface area contributed by atoms with Gasteiger partial charge in [-0.3, -0.25) is 4.79 Å². The van der Waals surface area contributed by atoms with Crippen molar-refractivity contribution in [2.24, 2.45) is 16.6 Å². The van der Waals surface area contributed by atoms with E-state index in [1.165, 1.54) is 44.0 Å². The van der Waals surface area contributed by atoms with Crippen LogP contribution in [0.3, 0.4) is 0 Å². The number of nitrogens with two attached hydrogens (primary N) is 1. The van der Waals surface area contributed by atoms with Gasteiger partial charge in [-0.25, -0.2) is 4.99 Å². The molecule has 1 aromatic rings. The average Bonchev–Trinajstić information content (AvgIpc) is 3.29. The third kappa shape index (κ3) is 3.25. The van der Waals surface area contributed by atoms with Crippen molar-refractivity contribution in [3.8, 4) is 5.75 Å². The number of nitrogens with zero attached hydrogens (tertiary/aromatic N) is 1. The number of aliphatic imine (C=N–C) groups is 1. The van der Waals surface area contributed by atoms with E-state index in [0.717, 1.165) is 42.8 Å². The zero-order chi connectivity index (χ0) is 19.7. The van der Waals surface area contributed by atoms with Gasteiger partial charge < -0.3 is 21.5 Å². The molecular weight excluding hydrogens is 352 g/mol. The van der Waals surface area contributed by atoms with Gasteiger partial charge in [0.05, 0.1) is 17.4 Å². The summed E-state index contributed by atoms with van der Waals surface area (Å²) in [5.41, 5.74) is 8.53. The monoisotopic (exact) mass is 382 g/mol. The lowest BCUT2D eigenvalue weighted by Crippen LogP contribution is -2.40. The number of nitrogens with one attached hydrogen (secondary N) is 2. The zero-order valence-corrected chi connectivity index (χ0v) is 16.6. The largest absolute Gasteiger partial charge is 0.507 e. The first kappa shape index (κ1) is 18.8. The number of rotatable bonds is 4. The summed E-state index contributed by atoms with van der Waals surface area (Å²) in [5, 5.41) is 17.1. The highest BCUT2D eigenvalue weighted by atomic mass is 16.3. The standard InChI is InChI=1S/C22H30N4O2/c1-14(15-7-3-4-8-15)20(24-13-23)25-16-11-17-19(18(27)12-16)21(28)26-22(17)9-5-2-6-10-22/h11-13,15,25,27H,2-10H2,1H3,(H2,23,24)(H,26,28)/b20-14+. The number of amides is 1. The first-order chi connectivity index (χ1) is 13.5. The lowest BCUT2D eigenvalue weighted by atomic mass is 9.77. The lowest BCUT2D eigenvalue weighted by Gasteiger charge is -2.34. The van der Waals surface area contributed by atoms with Gasteiger partial charge in [0.2, 0.25) is 0 Å². The first-order valence-electron chi connectivity index (χ1n) is 10.5. The summed E-state index contributed by atoms with van der Waals surface area (Å²) < 4.78 is 0. The maximum Gasteiger partial charge on any atom is 0.256 e. The quantitative estimate of drug-likeness (QED) is 0.465. The van der Waals surface area contributed by atoms with Crippen molar-refractivity contribution in [1.82, 2.24) is 5.32 Å². The van der Waals surface area contributed by atoms with E-state index in [4.69, 9.17) is 5.73 Å². The highest BCUT2D eigenvalue weighted by molar-refractivity contribution is 6.03. The van der Waals surface area contributed by atoms with E-state index < -0.39 is 0 Å². The number of phenolic OH excluding ortho intramolecular Hbond substituents is 1. The van der Waals surface area contributed by atoms with Crippen molar-refractivity contribution >= 4 is 17.9 Å². The van der Waals surface area contributed by atoms with Crippen LogP contribution in [0.15, 0.2) is 28.5 Å². The van der Waals surface area contributed by atoms with Crippen LogP contribution in [0.5, 0.6) is 5.75 Å². The number of fused-ring (bicyclic) bond motifs is 2. The van der Waals surface area contributed by atoms with Crippen molar-refractivity contribution in [3.05, 3.63) is 34.7 Å². The fourth-order valence-corrected chi connectivity index (χ4v) is 5.21. The number of aromatic hydroxyl groups is 1. The topological polar surface area (TPSA) is 99.7 Å². The first-order valence-corrected chi connectivity index (χ1v) is 10.5. The maximum absolute atomic E-state index is 12.5. The van der Waals surface area contributed by atoms with Crippen molar-refractivity contribution < 1.29 is 9.90 Å². The second kappa shape index (κ2) is 7.49. The molecule has 0 bridgehead atoms. The van der Waals surface area contributed by atoms with Gasteiger partial charge in [0.15, 0.2) is 0 Å². The summed E-state index contributed by atoms with van der Waals surface area (Å²) in [5.74, 6) is 1.11. The van der Waals surface area contributed by atoms with E-state index in [-0.39, 0.29) is 17.2 Å². The summed E-state index contributed by atoms with van der Waals surface area (Å²) in [6.07, 6.45) is 11.3. The summed E-state index contributed by atoms with van der Waals surface area (Å²) in [4.78, 5) is 16.9. The van der Waals surface area contributed by atoms with Gasteiger partial charge in [-0.1, -0.05) is 32.1 Å². The molecule has 4 rings (SSSR count). The van der Waals surface area contributed by atoms with E-state index >= 15 is 0 Å². The second-order valence-corrected chi connectivity index (χ2v) is 8.43. The van der Waals surface area contributed by atoms with E-state index in [1.807, 2.05) is 6.07 Å². The Morgan fingerprint density at radius 2 is 1.96 bits per heavy atom. The molecular formula is C22H30N4O2. The molecule has 1 spiro atoms. The molecule has 2 aliphatic carbocycles. The fraction of sp³-hybridized carbons (Fsp3) is 0.545. The van der Waals surface area contributed by atoms with Crippen LogP contribution >= 0.6 is 0 Å². The molecule has 2 fully saturated rings. The molecule has 1 aromatic carbocycles. The highest BCUT2D eigenvalue weighted by Gasteiger charge is 2.45. The Labute approximate surface area is 166 Å². The van der Waals surface area contributed by atoms with Gasteiger partial charge in [-0.2, -0.15) is 0 Å². The van der Waals surface area contributed by atoms with Crippen LogP contribution in [0.2, 0.25) is 0 Å². The Hall–Kier alpha value is -2.50. The summed E-state index contributed by atoms with van der Waals surface area (Å²) in [7, 11) is 0. The number of phenols is 1. The van der Waals surface area contributed by atoms with Crippen LogP contribution in [-0.4, -0.2) is 17.4 Å². The molecule has 6 heteroatoms. The molecule has 150 valence electrons. The van der Waals surface area contributed by atoms with Crippen LogP contribution in [-0.2, 0) is 5.54 Å². The lowest BCUT2D eigenvalue weighted by molar-refractivity contribution is 0.0908. The Morgan fingerprint density at radius 3 is 2.64 bits per heavy atom. The smallest absolute Gasteiger partial charge is 0.256 e. The van der Waals surface area contributed by atoms with Gasteiger partial charge in [-0.05, 0) is 55.7 Å². The molecule has 0 saturated heterocycles. The van der Waals surface area contributed by atoms with Gasteiger partial charge in [-0.15, -0.1) is 0 Å². The molecule has 5 N–H and O–H groups in total. The number of hydrogen-bond acceptors (Lipinski definition) is 4. The molecule has 1 heterocycles. The Kier molecular flexibility index (Phi) is 5.04. The molecule has 0 atom stereocenters. The minimum Gasteiger partial charge on any atom is -0.507 e. The number of carbonyl (C=O) groups is 1. The summed E-state index contributed by atoms with van der Waals surface area (Å²) in [6, 6.07) is 3.63. The molecule has 0 unspecified atom stereocenters. The van der Waals surface area contributed by atoms with Crippen LogP contribution in [0.25, 0.3) is 0 Å². The Bertz CT molecular complexity index is 831. The number of benzene rings is 1. The predicted octanol–water partition coefficient (Wildman–Crippen LogP) is 4.12. The van der Waals surface area contributed by atoms with Gasteiger partial charge in [0, 0.05) is 11.8 Å². The van der Waals surface area contributed by atoms with E-state index in [9.17, 15) is 9.90 Å². The zero-order valence-electron chi connectivity index (χ0n) is 16.6. The fourth-order valence-electron chi connectivity index (χ4n) is 5.21. The number of carbonyl (C=O) groups excluding carboxylic acids is 1. The Morgan fingerprint density at radius 1 is 1.25 bits per heavy atom. The minimum absolute atomic E-state index is 0.0227. The van der Waals surface area contributed by atoms with Crippen molar-refractivity contribution in [3.63, 3.8) is 0 Å². The number of allylic oxidation sites excluding steroid dienone is 1. The number of hydrogen-bond donors (Lipinski definition) is 4. The van der Waals surface area contributed by atoms with E-state index in [0.29, 0.717) is 11.5 Å². The van der Waals surface area contributed by atoms with Crippen LogP contribution in [0.1, 0.15) is 80.6 Å². The minimum atomic E-state index is -0.346. The second-order valence-electron chi connectivity index (χ2n) is 8.43. The van der Waals surface area contributed by atoms with Crippen molar-refractivity contribution in [2.75, 3.05) is 5.32 Å². The molecule has 2 saturated carbocycles. The normalized spacial score (nSPS) is 22.4. The maximum atomic E-state index is 12.5.